The monoisotopic (exact) mass is 389 g/mol. The molecule has 2 heteroatoms. The molecule has 2 N–H and O–H groups in total. The molecule has 2 bridgehead atoms. The summed E-state index contributed by atoms with van der Waals surface area (Å²) in [4.78, 5) is 3.66. The number of aromatic hydroxyl groups is 1. The molecule has 1 saturated carbocycles. The predicted molar refractivity (Wildman–Crippen MR) is 121 cm³/mol. The number of aromatic amines is 1. The maximum atomic E-state index is 9.86. The van der Waals surface area contributed by atoms with Crippen LogP contribution in [-0.2, 0) is 11.8 Å². The summed E-state index contributed by atoms with van der Waals surface area (Å²) in [6, 6.07) is 23.6. The minimum atomic E-state index is 0.0815. The molecule has 1 aromatic heterocycles. The largest absolute Gasteiger partial charge is 0.508 e. The fourth-order valence-corrected chi connectivity index (χ4v) is 6.40. The SMILES string of the molecule is Oc1ccc2[nH]c(C34C=CC(C3)C(c3cccc5c3Cc3ccccc3-5)C4)cc2c1. The number of H-pyrrole nitrogens is 1. The number of hydrogen-bond donors (Lipinski definition) is 2. The van der Waals surface area contributed by atoms with Crippen LogP contribution in [-0.4, -0.2) is 10.1 Å². The van der Waals surface area contributed by atoms with Crippen LogP contribution >= 0.6 is 0 Å². The van der Waals surface area contributed by atoms with Gasteiger partial charge in [0.15, 0.2) is 0 Å². The first-order valence-corrected chi connectivity index (χ1v) is 10.9. The topological polar surface area (TPSA) is 36.0 Å². The zero-order valence-corrected chi connectivity index (χ0v) is 16.7. The van der Waals surface area contributed by atoms with E-state index in [0.717, 1.165) is 23.7 Å². The fourth-order valence-electron chi connectivity index (χ4n) is 6.40. The smallest absolute Gasteiger partial charge is 0.116 e. The lowest BCUT2D eigenvalue weighted by molar-refractivity contribution is 0.476. The van der Waals surface area contributed by atoms with E-state index in [1.54, 1.807) is 17.2 Å². The number of benzene rings is 3. The number of allylic oxidation sites excluding steroid dienone is 2. The predicted octanol–water partition coefficient (Wildman–Crippen LogP) is 6.45. The number of nitrogens with one attached hydrogen (secondary N) is 1. The van der Waals surface area contributed by atoms with Gasteiger partial charge in [0.2, 0.25) is 0 Å². The summed E-state index contributed by atoms with van der Waals surface area (Å²) in [7, 11) is 0. The lowest BCUT2D eigenvalue weighted by Gasteiger charge is -2.27. The van der Waals surface area contributed by atoms with E-state index >= 15 is 0 Å². The highest BCUT2D eigenvalue weighted by molar-refractivity contribution is 5.82. The Kier molecular flexibility index (Phi) is 3.12. The number of aromatic nitrogens is 1. The van der Waals surface area contributed by atoms with Gasteiger partial charge in [-0.3, -0.25) is 0 Å². The molecular weight excluding hydrogens is 366 g/mol. The van der Waals surface area contributed by atoms with Crippen LogP contribution in [0.15, 0.2) is 78.9 Å². The first-order valence-electron chi connectivity index (χ1n) is 10.9. The van der Waals surface area contributed by atoms with E-state index in [1.807, 2.05) is 12.1 Å². The molecule has 146 valence electrons. The Morgan fingerprint density at radius 1 is 0.900 bits per heavy atom. The van der Waals surface area contributed by atoms with Crippen molar-refractivity contribution in [1.82, 2.24) is 4.98 Å². The summed E-state index contributed by atoms with van der Waals surface area (Å²) in [5, 5.41) is 11.0. The lowest BCUT2D eigenvalue weighted by atomic mass is 9.78. The van der Waals surface area contributed by atoms with Crippen LogP contribution in [0.5, 0.6) is 5.75 Å². The molecule has 30 heavy (non-hydrogen) atoms. The van der Waals surface area contributed by atoms with Gasteiger partial charge in [-0.2, -0.15) is 0 Å². The van der Waals surface area contributed by atoms with Gasteiger partial charge in [-0.05, 0) is 83.2 Å². The molecule has 1 fully saturated rings. The van der Waals surface area contributed by atoms with Crippen LogP contribution in [0.4, 0.5) is 0 Å². The molecule has 4 aromatic rings. The van der Waals surface area contributed by atoms with Crippen molar-refractivity contribution in [2.24, 2.45) is 5.92 Å². The number of phenolic OH excluding ortho intramolecular Hbond substituents is 1. The molecule has 1 heterocycles. The van der Waals surface area contributed by atoms with Crippen LogP contribution < -0.4 is 0 Å². The molecule has 3 atom stereocenters. The lowest BCUT2D eigenvalue weighted by Crippen LogP contribution is -2.19. The van der Waals surface area contributed by atoms with Crippen molar-refractivity contribution in [2.75, 3.05) is 0 Å². The average molecular weight is 389 g/mol. The second-order valence-electron chi connectivity index (χ2n) is 9.36. The Morgan fingerprint density at radius 3 is 2.77 bits per heavy atom. The van der Waals surface area contributed by atoms with Crippen molar-refractivity contribution in [3.8, 4) is 16.9 Å². The second-order valence-corrected chi connectivity index (χ2v) is 9.36. The van der Waals surface area contributed by atoms with Gasteiger partial charge in [-0.1, -0.05) is 54.6 Å². The van der Waals surface area contributed by atoms with E-state index in [2.05, 4.69) is 65.7 Å². The third-order valence-electron chi connectivity index (χ3n) is 7.79. The van der Waals surface area contributed by atoms with Gasteiger partial charge in [-0.15, -0.1) is 0 Å². The van der Waals surface area contributed by atoms with Crippen molar-refractivity contribution < 1.29 is 5.11 Å². The quantitative estimate of drug-likeness (QED) is 0.335. The number of phenols is 1. The minimum absolute atomic E-state index is 0.0815. The molecule has 3 aliphatic rings. The summed E-state index contributed by atoms with van der Waals surface area (Å²) in [5.41, 5.74) is 9.88. The van der Waals surface area contributed by atoms with Gasteiger partial charge >= 0.3 is 0 Å². The van der Waals surface area contributed by atoms with Gasteiger partial charge < -0.3 is 10.1 Å². The zero-order chi connectivity index (χ0) is 19.9. The molecule has 0 saturated heterocycles. The zero-order valence-electron chi connectivity index (χ0n) is 16.7. The summed E-state index contributed by atoms with van der Waals surface area (Å²) in [6.45, 7) is 0. The maximum absolute atomic E-state index is 9.86. The molecule has 7 rings (SSSR count). The number of rotatable bonds is 2. The molecule has 0 amide bonds. The Balaban J connectivity index is 1.30. The van der Waals surface area contributed by atoms with E-state index in [-0.39, 0.29) is 5.41 Å². The molecule has 3 aliphatic carbocycles. The molecule has 0 radical (unpaired) electrons. The number of hydrogen-bond acceptors (Lipinski definition) is 1. The van der Waals surface area contributed by atoms with Gasteiger partial charge in [0, 0.05) is 22.0 Å². The summed E-state index contributed by atoms with van der Waals surface area (Å²) < 4.78 is 0. The maximum Gasteiger partial charge on any atom is 0.116 e. The Morgan fingerprint density at radius 2 is 1.80 bits per heavy atom. The van der Waals surface area contributed by atoms with Crippen molar-refractivity contribution >= 4 is 10.9 Å². The van der Waals surface area contributed by atoms with Crippen molar-refractivity contribution in [2.45, 2.75) is 30.6 Å². The highest BCUT2D eigenvalue weighted by Crippen LogP contribution is 2.58. The minimum Gasteiger partial charge on any atom is -0.508 e. The third-order valence-corrected chi connectivity index (χ3v) is 7.79. The molecule has 3 unspecified atom stereocenters. The summed E-state index contributed by atoms with van der Waals surface area (Å²) in [5.74, 6) is 1.49. The van der Waals surface area contributed by atoms with Crippen molar-refractivity contribution in [3.05, 3.63) is 101 Å². The van der Waals surface area contributed by atoms with E-state index in [9.17, 15) is 5.11 Å². The van der Waals surface area contributed by atoms with Gasteiger partial charge in [0.1, 0.15) is 5.75 Å². The third kappa shape index (κ3) is 2.14. The first-order chi connectivity index (χ1) is 14.7. The molecule has 0 aliphatic heterocycles. The summed E-state index contributed by atoms with van der Waals surface area (Å²) in [6.07, 6.45) is 8.29. The fraction of sp³-hybridized carbons (Fsp3) is 0.214. The van der Waals surface area contributed by atoms with Crippen LogP contribution in [0.2, 0.25) is 0 Å². The Labute approximate surface area is 175 Å². The normalized spacial score (nSPS) is 25.7. The Hall–Kier alpha value is -3.26. The highest BCUT2D eigenvalue weighted by atomic mass is 16.3. The van der Waals surface area contributed by atoms with Gasteiger partial charge in [0.05, 0.1) is 0 Å². The standard InChI is InChI=1S/C28H23NO/c30-20-8-9-26-19(12-20)14-27(29-26)28-11-10-18(15-28)25(16-28)23-7-3-6-22-21-5-2-1-4-17(21)13-24(22)23/h1-12,14,18,25,29-30H,13,15-16H2. The Bertz CT molecular complexity index is 1360. The van der Waals surface area contributed by atoms with Gasteiger partial charge in [0.25, 0.3) is 0 Å². The van der Waals surface area contributed by atoms with Crippen LogP contribution in [0, 0.1) is 5.92 Å². The number of fused-ring (bicyclic) bond motifs is 6. The molecule has 0 spiro atoms. The van der Waals surface area contributed by atoms with Crippen molar-refractivity contribution in [1.29, 1.82) is 0 Å². The van der Waals surface area contributed by atoms with E-state index in [4.69, 9.17) is 0 Å². The van der Waals surface area contributed by atoms with E-state index in [0.29, 0.717) is 17.6 Å². The molecule has 2 nitrogen and oxygen atoms in total. The van der Waals surface area contributed by atoms with Crippen LogP contribution in [0.3, 0.4) is 0 Å². The van der Waals surface area contributed by atoms with E-state index in [1.165, 1.54) is 28.8 Å². The average Bonchev–Trinajstić information content (AvgIpc) is 3.53. The van der Waals surface area contributed by atoms with Gasteiger partial charge in [-0.25, -0.2) is 0 Å². The van der Waals surface area contributed by atoms with Crippen molar-refractivity contribution in [3.63, 3.8) is 0 Å². The summed E-state index contributed by atoms with van der Waals surface area (Å²) >= 11 is 0. The van der Waals surface area contributed by atoms with E-state index < -0.39 is 0 Å². The van der Waals surface area contributed by atoms with Crippen LogP contribution in [0.1, 0.15) is 41.1 Å². The second kappa shape index (κ2) is 5.66. The van der Waals surface area contributed by atoms with Crippen LogP contribution in [0.25, 0.3) is 22.0 Å². The molecular formula is C28H23NO. The molecule has 3 aromatic carbocycles. The first kappa shape index (κ1) is 16.5. The highest BCUT2D eigenvalue weighted by Gasteiger charge is 2.49.